The van der Waals surface area contributed by atoms with E-state index in [9.17, 15) is 75.0 Å². The van der Waals surface area contributed by atoms with Crippen LogP contribution < -0.4 is 0 Å². The van der Waals surface area contributed by atoms with Crippen LogP contribution in [0.1, 0.15) is 0 Å². The molecule has 1 unspecified atom stereocenters. The second-order valence-corrected chi connectivity index (χ2v) is 5.14. The van der Waals surface area contributed by atoms with Gasteiger partial charge in [0.25, 0.3) is 0 Å². The number of piperidine rings is 1. The van der Waals surface area contributed by atoms with Gasteiger partial charge in [-0.05, 0) is 0 Å². The summed E-state index contributed by atoms with van der Waals surface area (Å²) < 4.78 is 209. The molecule has 2 radical (unpaired) electrons. The van der Waals surface area contributed by atoms with Crippen LogP contribution in [-0.2, 0) is 4.79 Å². The molecule has 0 aromatic carbocycles. The Morgan fingerprint density at radius 3 is 1.14 bits per heavy atom. The van der Waals surface area contributed by atoms with Crippen molar-refractivity contribution in [2.24, 2.45) is 0 Å². The normalized spacial score (nSPS) is 27.4. The fourth-order valence-corrected chi connectivity index (χ4v) is 1.96. The molecule has 0 saturated carbocycles. The van der Waals surface area contributed by atoms with Crippen LogP contribution in [0.3, 0.4) is 0 Å². The molecule has 3 nitrogen and oxygen atoms in total. The number of hydrogen-bond acceptors (Lipinski definition) is 2. The first-order valence-corrected chi connectivity index (χ1v) is 5.87. The molecule has 1 heterocycles. The maximum atomic E-state index is 13.6. The molecule has 168 valence electrons. The fourth-order valence-electron chi connectivity index (χ4n) is 1.96. The summed E-state index contributed by atoms with van der Waals surface area (Å²) in [5.41, 5.74) is -7.65. The number of rotatable bonds is 3. The van der Waals surface area contributed by atoms with Crippen LogP contribution in [0, 0.1) is 0 Å². The van der Waals surface area contributed by atoms with E-state index in [2.05, 4.69) is 0 Å². The van der Waals surface area contributed by atoms with Crippen LogP contribution in [0.25, 0.3) is 0 Å². The van der Waals surface area contributed by atoms with Gasteiger partial charge in [0.05, 0.1) is 0 Å². The number of carboxylic acids is 1. The second kappa shape index (κ2) is 6.78. The quantitative estimate of drug-likeness (QED) is 0.364. The smallest absolute Gasteiger partial charge is 0.441 e. The Bertz CT molecular complexity index is 644. The van der Waals surface area contributed by atoms with Crippen molar-refractivity contribution in [2.75, 3.05) is 0 Å². The number of alkyl halides is 16. The predicted molar refractivity (Wildman–Crippen MR) is 54.8 cm³/mol. The number of nitrogens with zero attached hydrogens (tertiary/aromatic N) is 1. The maximum absolute atomic E-state index is 13.6. The minimum atomic E-state index is -8.17. The Labute approximate surface area is 176 Å². The number of hydrogen-bond donors (Lipinski definition) is 1. The molecular weight excluding hydrogens is 498 g/mol. The number of carbonyl (C=O) groups is 1. The zero-order valence-corrected chi connectivity index (χ0v) is 14.8. The summed E-state index contributed by atoms with van der Waals surface area (Å²) in [5.74, 6) is -28.4. The summed E-state index contributed by atoms with van der Waals surface area (Å²) in [4.78, 5) is 5.71. The molecule has 0 aromatic heterocycles. The van der Waals surface area contributed by atoms with Gasteiger partial charge in [-0.2, -0.15) is 65.9 Å². The van der Waals surface area contributed by atoms with Crippen LogP contribution in [0.4, 0.5) is 70.2 Å². The van der Waals surface area contributed by atoms with Gasteiger partial charge in [0.1, 0.15) is 0 Å². The van der Waals surface area contributed by atoms with Crippen molar-refractivity contribution in [3.8, 4) is 0 Å². The number of carboxylic acid groups (broad SMARTS) is 1. The van der Waals surface area contributed by atoms with Crippen LogP contribution >= 0.6 is 0 Å². The Hall–Kier alpha value is -0.430. The topological polar surface area (TPSA) is 40.5 Å². The number of aliphatic carboxylic acids is 1. The van der Waals surface area contributed by atoms with E-state index in [1.165, 1.54) is 0 Å². The molecule has 1 fully saturated rings. The number of likely N-dealkylation sites (tertiary alicyclic amines) is 1. The Morgan fingerprint density at radius 2 is 0.931 bits per heavy atom. The molecule has 20 heteroatoms. The zero-order chi connectivity index (χ0) is 23.2. The molecule has 29 heavy (non-hydrogen) atoms. The molecule has 1 saturated heterocycles. The van der Waals surface area contributed by atoms with E-state index in [1.807, 2.05) is 0 Å². The largest absolute Gasteiger partial charge is 0.478 e. The molecule has 1 aliphatic heterocycles. The minimum Gasteiger partial charge on any atom is -0.478 e. The molecule has 1 rings (SSSR count). The molecule has 0 aliphatic carbocycles. The summed E-state index contributed by atoms with van der Waals surface area (Å²) in [6, 6.07) is -24.2. The Morgan fingerprint density at radius 1 is 0.655 bits per heavy atom. The molecule has 0 amide bonds. The summed E-state index contributed by atoms with van der Waals surface area (Å²) in [5, 5.41) is 7.92. The van der Waals surface area contributed by atoms with Crippen LogP contribution in [0.15, 0.2) is 0 Å². The van der Waals surface area contributed by atoms with Gasteiger partial charge in [0.2, 0.25) is 0 Å². The number of halogens is 16. The first-order valence-electron chi connectivity index (χ1n) is 5.87. The van der Waals surface area contributed by atoms with E-state index < -0.39 is 58.6 Å². The molecular formula is C9HCaF16NO2. The summed E-state index contributed by atoms with van der Waals surface area (Å²) in [7, 11) is 0. The van der Waals surface area contributed by atoms with Gasteiger partial charge in [0, 0.05) is 37.7 Å². The average Bonchev–Trinajstić information content (AvgIpc) is 2.41. The SMILES string of the molecule is O=C(O)C(F)(C(F)(F)F)C(F)(F)N1C(F)(F)C(F)(F)C(F)(F)C(F)(F)C1(F)F.[Ca]. The molecule has 1 N–H and O–H groups in total. The fraction of sp³-hybridized carbons (Fsp3) is 0.889. The molecule has 0 bridgehead atoms. The van der Waals surface area contributed by atoms with Gasteiger partial charge in [-0.3, -0.25) is 0 Å². The van der Waals surface area contributed by atoms with Gasteiger partial charge in [-0.25, -0.2) is 9.18 Å². The zero-order valence-electron chi connectivity index (χ0n) is 12.6. The minimum absolute atomic E-state index is 0. The van der Waals surface area contributed by atoms with E-state index in [4.69, 9.17) is 5.11 Å². The van der Waals surface area contributed by atoms with Gasteiger partial charge < -0.3 is 5.11 Å². The van der Waals surface area contributed by atoms with Crippen molar-refractivity contribution < 1.29 is 80.1 Å². The van der Waals surface area contributed by atoms with E-state index >= 15 is 0 Å². The maximum Gasteiger partial charge on any atom is 0.441 e. The third-order valence-electron chi connectivity index (χ3n) is 3.49. The van der Waals surface area contributed by atoms with Gasteiger partial charge in [0.15, 0.2) is 0 Å². The van der Waals surface area contributed by atoms with Crippen LogP contribution in [-0.4, -0.2) is 101 Å². The van der Waals surface area contributed by atoms with E-state index in [1.54, 1.807) is 0 Å². The third-order valence-corrected chi connectivity index (χ3v) is 3.49. The van der Waals surface area contributed by atoms with Crippen molar-refractivity contribution >= 4 is 43.7 Å². The van der Waals surface area contributed by atoms with Crippen molar-refractivity contribution in [3.63, 3.8) is 0 Å². The van der Waals surface area contributed by atoms with E-state index in [0.29, 0.717) is 0 Å². The van der Waals surface area contributed by atoms with Crippen LogP contribution in [0.2, 0.25) is 0 Å². The van der Waals surface area contributed by atoms with Crippen molar-refractivity contribution in [2.45, 2.75) is 47.8 Å². The molecule has 1 aliphatic rings. The van der Waals surface area contributed by atoms with Crippen molar-refractivity contribution in [1.82, 2.24) is 4.90 Å². The standard InChI is InChI=1S/C9HF16NO2.Ca/c10-2(1(27)28,6(17,18)19)7(20,21)26-8(22,23)4(13,14)3(11,12)5(15,16)9(26,24)25;/h(H,27,28);. The van der Waals surface area contributed by atoms with Gasteiger partial charge in [-0.15, -0.1) is 4.90 Å². The predicted octanol–water partition coefficient (Wildman–Crippen LogP) is 3.96. The summed E-state index contributed by atoms with van der Waals surface area (Å²) >= 11 is 0. The second-order valence-electron chi connectivity index (χ2n) is 5.14. The monoisotopic (exact) mass is 499 g/mol. The third kappa shape index (κ3) is 3.00. The first kappa shape index (κ1) is 28.6. The Kier molecular flexibility index (Phi) is 6.68. The van der Waals surface area contributed by atoms with E-state index in [0.717, 1.165) is 0 Å². The van der Waals surface area contributed by atoms with Gasteiger partial charge >= 0.3 is 53.7 Å². The van der Waals surface area contributed by atoms with Crippen LogP contribution in [0.5, 0.6) is 0 Å². The molecule has 0 spiro atoms. The van der Waals surface area contributed by atoms with E-state index in [-0.39, 0.29) is 37.7 Å². The first-order chi connectivity index (χ1) is 11.8. The van der Waals surface area contributed by atoms with Crippen molar-refractivity contribution in [3.05, 3.63) is 0 Å². The summed E-state index contributed by atoms with van der Waals surface area (Å²) in [6.45, 7) is 0. The van der Waals surface area contributed by atoms with Crippen molar-refractivity contribution in [1.29, 1.82) is 0 Å². The Balaban J connectivity index is 0.00000784. The molecule has 0 aromatic rings. The average molecular weight is 499 g/mol. The summed E-state index contributed by atoms with van der Waals surface area (Å²) in [6.07, 6.45) is -7.67. The molecule has 1 atom stereocenters. The van der Waals surface area contributed by atoms with Gasteiger partial charge in [-0.1, -0.05) is 0 Å².